The number of benzene rings is 1. The van der Waals surface area contributed by atoms with Gasteiger partial charge in [-0.1, -0.05) is 72.6 Å². The highest BCUT2D eigenvalue weighted by atomic mass is 16.6. The Morgan fingerprint density at radius 3 is 1.64 bits per heavy atom. The molecule has 0 aromatic heterocycles. The number of hydrogen-bond acceptors (Lipinski definition) is 4. The predicted molar refractivity (Wildman–Crippen MR) is 171 cm³/mol. The normalized spacial score (nSPS) is 13.3. The lowest BCUT2D eigenvalue weighted by Crippen LogP contribution is -2.53. The SMILES string of the molecule is C=C(/C=C\C(=C)C(C)(C)c1ccc(N(C)C(=C)C(C)(C)C)cc1)N(C)C(=C)OC(C)(C)C(C)(C)OC(C)(C)C. The molecule has 0 atom stereocenters. The molecule has 4 heteroatoms. The van der Waals surface area contributed by atoms with Crippen LogP contribution in [0.5, 0.6) is 0 Å². The van der Waals surface area contributed by atoms with Gasteiger partial charge in [0.2, 0.25) is 0 Å². The number of anilines is 1. The minimum atomic E-state index is -0.624. The van der Waals surface area contributed by atoms with Crippen LogP contribution in [0, 0.1) is 5.41 Å². The van der Waals surface area contributed by atoms with Crippen LogP contribution in [0.15, 0.2) is 85.6 Å². The third-order valence-corrected chi connectivity index (χ3v) is 7.72. The molecular weight excluding hydrogens is 480 g/mol. The summed E-state index contributed by atoms with van der Waals surface area (Å²) in [4.78, 5) is 4.00. The molecule has 0 N–H and O–H groups in total. The lowest BCUT2D eigenvalue weighted by atomic mass is 9.78. The zero-order valence-corrected chi connectivity index (χ0v) is 27.5. The Hall–Kier alpha value is -2.72. The molecule has 0 saturated heterocycles. The molecule has 1 aromatic rings. The van der Waals surface area contributed by atoms with Gasteiger partial charge in [-0.25, -0.2) is 0 Å². The van der Waals surface area contributed by atoms with Gasteiger partial charge in [-0.2, -0.15) is 0 Å². The van der Waals surface area contributed by atoms with Gasteiger partial charge in [-0.05, 0) is 84.4 Å². The molecule has 1 aromatic carbocycles. The fraction of sp³-hybridized carbons (Fsp3) is 0.543. The van der Waals surface area contributed by atoms with Crippen LogP contribution >= 0.6 is 0 Å². The maximum atomic E-state index is 6.32. The van der Waals surface area contributed by atoms with Gasteiger partial charge in [0.05, 0.1) is 5.60 Å². The Balaban J connectivity index is 2.96. The van der Waals surface area contributed by atoms with Gasteiger partial charge < -0.3 is 19.3 Å². The van der Waals surface area contributed by atoms with E-state index in [-0.39, 0.29) is 16.4 Å². The smallest absolute Gasteiger partial charge is 0.186 e. The molecule has 0 aliphatic rings. The van der Waals surface area contributed by atoms with E-state index in [2.05, 4.69) is 97.1 Å². The van der Waals surface area contributed by atoms with E-state index in [1.165, 1.54) is 5.56 Å². The van der Waals surface area contributed by atoms with Gasteiger partial charge in [-0.15, -0.1) is 0 Å². The van der Waals surface area contributed by atoms with Crippen molar-refractivity contribution in [2.75, 3.05) is 19.0 Å². The van der Waals surface area contributed by atoms with Crippen molar-refractivity contribution in [3.8, 4) is 0 Å². The highest BCUT2D eigenvalue weighted by Crippen LogP contribution is 2.36. The van der Waals surface area contributed by atoms with E-state index in [0.29, 0.717) is 5.88 Å². The summed E-state index contributed by atoms with van der Waals surface area (Å²) in [6.07, 6.45) is 3.98. The Kier molecular flexibility index (Phi) is 10.4. The second kappa shape index (κ2) is 11.8. The number of allylic oxidation sites excluding steroid dienone is 4. The Labute approximate surface area is 240 Å². The van der Waals surface area contributed by atoms with Crippen LogP contribution in [-0.4, -0.2) is 35.8 Å². The first-order valence-electron chi connectivity index (χ1n) is 13.8. The number of likely N-dealkylation sites (N-methyl/N-ethyl adjacent to an activating group) is 1. The summed E-state index contributed by atoms with van der Waals surface area (Å²) in [6.45, 7) is 42.2. The Bertz CT molecular complexity index is 1090. The molecule has 39 heavy (non-hydrogen) atoms. The highest BCUT2D eigenvalue weighted by Gasteiger charge is 2.43. The zero-order chi connectivity index (χ0) is 30.8. The highest BCUT2D eigenvalue weighted by molar-refractivity contribution is 5.54. The average Bonchev–Trinajstić information content (AvgIpc) is 2.78. The largest absolute Gasteiger partial charge is 0.470 e. The quantitative estimate of drug-likeness (QED) is 0.196. The first-order chi connectivity index (χ1) is 17.3. The van der Waals surface area contributed by atoms with E-state index < -0.39 is 11.2 Å². The summed E-state index contributed by atoms with van der Waals surface area (Å²) >= 11 is 0. The van der Waals surface area contributed by atoms with Crippen molar-refractivity contribution in [3.05, 3.63) is 91.1 Å². The van der Waals surface area contributed by atoms with Crippen LogP contribution in [0.1, 0.15) is 88.6 Å². The number of ether oxygens (including phenoxy) is 2. The maximum Gasteiger partial charge on any atom is 0.186 e. The summed E-state index contributed by atoms with van der Waals surface area (Å²) in [5.41, 5.74) is 3.37. The van der Waals surface area contributed by atoms with Crippen molar-refractivity contribution in [3.63, 3.8) is 0 Å². The molecule has 4 nitrogen and oxygen atoms in total. The second-order valence-electron chi connectivity index (χ2n) is 14.1. The Morgan fingerprint density at radius 2 is 1.21 bits per heavy atom. The predicted octanol–water partition coefficient (Wildman–Crippen LogP) is 9.38. The van der Waals surface area contributed by atoms with E-state index >= 15 is 0 Å². The minimum absolute atomic E-state index is 0.00380. The molecular formula is C35H56N2O2. The molecule has 218 valence electrons. The van der Waals surface area contributed by atoms with E-state index in [1.807, 2.05) is 72.6 Å². The lowest BCUT2D eigenvalue weighted by Gasteiger charge is -2.46. The van der Waals surface area contributed by atoms with Crippen molar-refractivity contribution in [2.45, 2.75) is 105 Å². The third-order valence-electron chi connectivity index (χ3n) is 7.72. The van der Waals surface area contributed by atoms with Crippen LogP contribution in [0.3, 0.4) is 0 Å². The van der Waals surface area contributed by atoms with E-state index in [1.54, 1.807) is 0 Å². The molecule has 0 radical (unpaired) electrons. The summed E-state index contributed by atoms with van der Waals surface area (Å²) in [5, 5.41) is 0. The summed E-state index contributed by atoms with van der Waals surface area (Å²) < 4.78 is 12.6. The fourth-order valence-corrected chi connectivity index (χ4v) is 4.00. The van der Waals surface area contributed by atoms with Crippen LogP contribution < -0.4 is 4.90 Å². The van der Waals surface area contributed by atoms with Gasteiger partial charge in [0.15, 0.2) is 5.88 Å². The summed E-state index contributed by atoms with van der Waals surface area (Å²) in [6, 6.07) is 8.62. The summed E-state index contributed by atoms with van der Waals surface area (Å²) in [7, 11) is 3.96. The molecule has 0 fully saturated rings. The van der Waals surface area contributed by atoms with Gasteiger partial charge in [0.1, 0.15) is 11.2 Å². The first-order valence-corrected chi connectivity index (χ1v) is 13.8. The van der Waals surface area contributed by atoms with E-state index in [4.69, 9.17) is 9.47 Å². The van der Waals surface area contributed by atoms with Gasteiger partial charge in [0.25, 0.3) is 0 Å². The Morgan fingerprint density at radius 1 is 0.718 bits per heavy atom. The van der Waals surface area contributed by atoms with Crippen molar-refractivity contribution < 1.29 is 9.47 Å². The minimum Gasteiger partial charge on any atom is -0.470 e. The fourth-order valence-electron chi connectivity index (χ4n) is 4.00. The molecule has 0 heterocycles. The zero-order valence-electron chi connectivity index (χ0n) is 27.5. The number of hydrogen-bond donors (Lipinski definition) is 0. The van der Waals surface area contributed by atoms with Crippen LogP contribution in [0.2, 0.25) is 0 Å². The third kappa shape index (κ3) is 8.89. The van der Waals surface area contributed by atoms with Gasteiger partial charge >= 0.3 is 0 Å². The molecule has 0 bridgehead atoms. The molecule has 0 aliphatic heterocycles. The van der Waals surface area contributed by atoms with E-state index in [9.17, 15) is 0 Å². The number of nitrogens with zero attached hydrogens (tertiary/aromatic N) is 2. The van der Waals surface area contributed by atoms with Crippen LogP contribution in [0.25, 0.3) is 0 Å². The van der Waals surface area contributed by atoms with Gasteiger partial charge in [-0.3, -0.25) is 0 Å². The van der Waals surface area contributed by atoms with Crippen molar-refractivity contribution in [1.82, 2.24) is 4.90 Å². The monoisotopic (exact) mass is 536 g/mol. The molecule has 0 amide bonds. The molecule has 0 spiro atoms. The maximum absolute atomic E-state index is 6.32. The first kappa shape index (κ1) is 34.3. The average molecular weight is 537 g/mol. The molecule has 0 aliphatic carbocycles. The standard InChI is InChI=1S/C35H56N2O2/c1-25(33(11,12)29-21-23-30(24-22-29)37(18)27(3)31(5,6)7)19-20-26(2)36(17)28(4)38-34(13,14)35(15,16)39-32(8,9)10/h19-24H,1-4H2,5-18H3/b20-19-. The van der Waals surface area contributed by atoms with Crippen molar-refractivity contribution in [1.29, 1.82) is 0 Å². The van der Waals surface area contributed by atoms with Crippen LogP contribution in [-0.2, 0) is 14.9 Å². The van der Waals surface area contributed by atoms with E-state index in [0.717, 1.165) is 22.7 Å². The molecule has 1 rings (SSSR count). The summed E-state index contributed by atoms with van der Waals surface area (Å²) in [5.74, 6) is 0.502. The van der Waals surface area contributed by atoms with Crippen LogP contribution in [0.4, 0.5) is 5.69 Å². The number of rotatable bonds is 12. The lowest BCUT2D eigenvalue weighted by molar-refractivity contribution is -0.209. The second-order valence-corrected chi connectivity index (χ2v) is 14.1. The topological polar surface area (TPSA) is 24.9 Å². The molecule has 0 saturated carbocycles. The van der Waals surface area contributed by atoms with Gasteiger partial charge in [0, 0.05) is 42.0 Å². The molecule has 0 unspecified atom stereocenters. The van der Waals surface area contributed by atoms with Crippen molar-refractivity contribution in [2.24, 2.45) is 5.41 Å². The van der Waals surface area contributed by atoms with Crippen molar-refractivity contribution >= 4 is 5.69 Å².